The molecule has 0 bridgehead atoms. The van der Waals surface area contributed by atoms with E-state index in [2.05, 4.69) is 30.7 Å². The normalized spacial score (nSPS) is 23.4. The lowest BCUT2D eigenvalue weighted by Crippen LogP contribution is -2.55. The molecular weight excluding hydrogens is 228 g/mol. The molecule has 0 aliphatic carbocycles. The van der Waals surface area contributed by atoms with Gasteiger partial charge in [-0.1, -0.05) is 0 Å². The molecule has 0 spiro atoms. The summed E-state index contributed by atoms with van der Waals surface area (Å²) in [4.78, 5) is 16.5. The topological polar surface area (TPSA) is 32.8 Å². The van der Waals surface area contributed by atoms with E-state index in [1.54, 1.807) is 0 Å². The Bertz CT molecular complexity index is 284. The summed E-state index contributed by atoms with van der Waals surface area (Å²) in [6, 6.07) is 0.868. The standard InChI is InChI=1S/C14H28N2O2/c1-11(2)16-8-7-15(6)12(9-16)10-18-13(17)14(3,4)5/h11-12H,7-10H2,1-6H3. The first kappa shape index (κ1) is 15.4. The number of ether oxygens (including phenoxy) is 1. The van der Waals surface area contributed by atoms with Gasteiger partial charge in [-0.05, 0) is 41.7 Å². The molecule has 0 N–H and O–H groups in total. The smallest absolute Gasteiger partial charge is 0.311 e. The Labute approximate surface area is 111 Å². The Hall–Kier alpha value is -0.610. The molecule has 0 radical (unpaired) electrons. The van der Waals surface area contributed by atoms with Gasteiger partial charge in [0.2, 0.25) is 0 Å². The van der Waals surface area contributed by atoms with E-state index in [1.165, 1.54) is 0 Å². The zero-order valence-corrected chi connectivity index (χ0v) is 12.7. The highest BCUT2D eigenvalue weighted by Gasteiger charge is 2.29. The SMILES string of the molecule is CC(C)N1CCN(C)C(COC(=O)C(C)(C)C)C1. The monoisotopic (exact) mass is 256 g/mol. The number of hydrogen-bond acceptors (Lipinski definition) is 4. The van der Waals surface area contributed by atoms with Gasteiger partial charge in [-0.15, -0.1) is 0 Å². The summed E-state index contributed by atoms with van der Waals surface area (Å²) in [5.74, 6) is -0.113. The minimum Gasteiger partial charge on any atom is -0.464 e. The van der Waals surface area contributed by atoms with Crippen LogP contribution in [0.15, 0.2) is 0 Å². The summed E-state index contributed by atoms with van der Waals surface area (Å²) < 4.78 is 5.44. The summed E-state index contributed by atoms with van der Waals surface area (Å²) >= 11 is 0. The molecule has 4 nitrogen and oxygen atoms in total. The predicted octanol–water partition coefficient (Wildman–Crippen LogP) is 1.60. The van der Waals surface area contributed by atoms with Crippen LogP contribution in [0.1, 0.15) is 34.6 Å². The third kappa shape index (κ3) is 4.25. The Morgan fingerprint density at radius 1 is 1.33 bits per heavy atom. The van der Waals surface area contributed by atoms with Crippen molar-refractivity contribution in [3.05, 3.63) is 0 Å². The molecule has 1 heterocycles. The van der Waals surface area contributed by atoms with Crippen LogP contribution in [0.25, 0.3) is 0 Å². The Kier molecular flexibility index (Phi) is 5.17. The van der Waals surface area contributed by atoms with E-state index < -0.39 is 5.41 Å². The Balaban J connectivity index is 2.47. The van der Waals surface area contributed by atoms with E-state index in [9.17, 15) is 4.79 Å². The van der Waals surface area contributed by atoms with Gasteiger partial charge in [-0.2, -0.15) is 0 Å². The Morgan fingerprint density at radius 2 is 1.94 bits per heavy atom. The van der Waals surface area contributed by atoms with Crippen LogP contribution in [-0.4, -0.2) is 61.1 Å². The van der Waals surface area contributed by atoms with Crippen molar-refractivity contribution in [2.75, 3.05) is 33.3 Å². The molecule has 18 heavy (non-hydrogen) atoms. The average molecular weight is 256 g/mol. The number of piperazine rings is 1. The Morgan fingerprint density at radius 3 is 2.44 bits per heavy atom. The zero-order valence-electron chi connectivity index (χ0n) is 12.7. The van der Waals surface area contributed by atoms with Gasteiger partial charge >= 0.3 is 5.97 Å². The zero-order chi connectivity index (χ0) is 13.9. The van der Waals surface area contributed by atoms with Crippen molar-refractivity contribution in [2.24, 2.45) is 5.41 Å². The summed E-state index contributed by atoms with van der Waals surface area (Å²) in [5, 5.41) is 0. The molecule has 0 amide bonds. The number of esters is 1. The molecule has 1 saturated heterocycles. The van der Waals surface area contributed by atoms with Crippen LogP contribution in [0.2, 0.25) is 0 Å². The van der Waals surface area contributed by atoms with Crippen LogP contribution >= 0.6 is 0 Å². The molecule has 0 aromatic carbocycles. The highest BCUT2D eigenvalue weighted by molar-refractivity contribution is 5.75. The molecule has 0 saturated carbocycles. The lowest BCUT2D eigenvalue weighted by molar-refractivity contribution is -0.155. The fraction of sp³-hybridized carbons (Fsp3) is 0.929. The van der Waals surface area contributed by atoms with Crippen LogP contribution in [0.5, 0.6) is 0 Å². The van der Waals surface area contributed by atoms with Crippen LogP contribution in [-0.2, 0) is 9.53 Å². The maximum atomic E-state index is 11.8. The van der Waals surface area contributed by atoms with Gasteiger partial charge in [0.1, 0.15) is 6.61 Å². The van der Waals surface area contributed by atoms with Crippen LogP contribution in [0, 0.1) is 5.41 Å². The molecule has 106 valence electrons. The van der Waals surface area contributed by atoms with E-state index in [-0.39, 0.29) is 5.97 Å². The van der Waals surface area contributed by atoms with Crippen molar-refractivity contribution in [3.8, 4) is 0 Å². The number of carbonyl (C=O) groups excluding carboxylic acids is 1. The molecule has 4 heteroatoms. The van der Waals surface area contributed by atoms with Gasteiger partial charge in [0, 0.05) is 25.7 Å². The quantitative estimate of drug-likeness (QED) is 0.718. The molecule has 0 aromatic rings. The fourth-order valence-corrected chi connectivity index (χ4v) is 2.01. The molecular formula is C14H28N2O2. The van der Waals surface area contributed by atoms with E-state index in [1.807, 2.05) is 20.8 Å². The first-order chi connectivity index (χ1) is 8.21. The van der Waals surface area contributed by atoms with Gasteiger partial charge in [-0.25, -0.2) is 0 Å². The average Bonchev–Trinajstić information content (AvgIpc) is 2.25. The number of carbonyl (C=O) groups is 1. The molecule has 1 fully saturated rings. The molecule has 1 aliphatic heterocycles. The second-order valence-corrected chi connectivity index (χ2v) is 6.57. The third-order valence-electron chi connectivity index (χ3n) is 3.56. The van der Waals surface area contributed by atoms with Gasteiger partial charge in [-0.3, -0.25) is 14.6 Å². The predicted molar refractivity (Wildman–Crippen MR) is 73.5 cm³/mol. The summed E-state index contributed by atoms with van der Waals surface area (Å²) in [5.41, 5.74) is -0.412. The first-order valence-electron chi connectivity index (χ1n) is 6.83. The van der Waals surface area contributed by atoms with Crippen LogP contribution in [0.3, 0.4) is 0 Å². The second kappa shape index (κ2) is 6.02. The van der Waals surface area contributed by atoms with E-state index in [0.717, 1.165) is 19.6 Å². The van der Waals surface area contributed by atoms with E-state index >= 15 is 0 Å². The van der Waals surface area contributed by atoms with E-state index in [4.69, 9.17) is 4.74 Å². The van der Waals surface area contributed by atoms with Crippen LogP contribution in [0.4, 0.5) is 0 Å². The molecule has 1 aliphatic rings. The third-order valence-corrected chi connectivity index (χ3v) is 3.56. The lowest BCUT2D eigenvalue weighted by atomic mass is 9.97. The van der Waals surface area contributed by atoms with Crippen molar-refractivity contribution in [2.45, 2.75) is 46.7 Å². The highest BCUT2D eigenvalue weighted by atomic mass is 16.5. The fourth-order valence-electron chi connectivity index (χ4n) is 2.01. The number of nitrogens with zero attached hydrogens (tertiary/aromatic N) is 2. The number of likely N-dealkylation sites (N-methyl/N-ethyl adjacent to an activating group) is 1. The van der Waals surface area contributed by atoms with Gasteiger partial charge in [0.15, 0.2) is 0 Å². The lowest BCUT2D eigenvalue weighted by Gasteiger charge is -2.41. The highest BCUT2D eigenvalue weighted by Crippen LogP contribution is 2.17. The first-order valence-corrected chi connectivity index (χ1v) is 6.83. The number of hydrogen-bond donors (Lipinski definition) is 0. The van der Waals surface area contributed by atoms with Gasteiger partial charge in [0.05, 0.1) is 11.5 Å². The van der Waals surface area contributed by atoms with Gasteiger partial charge in [0.25, 0.3) is 0 Å². The maximum Gasteiger partial charge on any atom is 0.311 e. The molecule has 1 atom stereocenters. The second-order valence-electron chi connectivity index (χ2n) is 6.57. The van der Waals surface area contributed by atoms with Crippen molar-refractivity contribution < 1.29 is 9.53 Å². The van der Waals surface area contributed by atoms with E-state index in [0.29, 0.717) is 18.7 Å². The largest absolute Gasteiger partial charge is 0.464 e. The number of rotatable bonds is 3. The summed E-state index contributed by atoms with van der Waals surface area (Å²) in [6.07, 6.45) is 0. The molecule has 1 unspecified atom stereocenters. The van der Waals surface area contributed by atoms with Gasteiger partial charge < -0.3 is 4.74 Å². The molecule has 1 rings (SSSR count). The van der Waals surface area contributed by atoms with Crippen molar-refractivity contribution in [1.29, 1.82) is 0 Å². The summed E-state index contributed by atoms with van der Waals surface area (Å²) in [6.45, 7) is 13.7. The summed E-state index contributed by atoms with van der Waals surface area (Å²) in [7, 11) is 2.10. The van der Waals surface area contributed by atoms with Crippen molar-refractivity contribution in [1.82, 2.24) is 9.80 Å². The minimum absolute atomic E-state index is 0.113. The van der Waals surface area contributed by atoms with Crippen molar-refractivity contribution >= 4 is 5.97 Å². The maximum absolute atomic E-state index is 11.8. The minimum atomic E-state index is -0.412. The van der Waals surface area contributed by atoms with Crippen molar-refractivity contribution in [3.63, 3.8) is 0 Å². The molecule has 0 aromatic heterocycles. The van der Waals surface area contributed by atoms with Crippen LogP contribution < -0.4 is 0 Å².